The average molecular weight is 454 g/mol. The number of nitrogens with one attached hydrogen (secondary N) is 1. The summed E-state index contributed by atoms with van der Waals surface area (Å²) in [6.07, 6.45) is 10.6. The zero-order valence-corrected chi connectivity index (χ0v) is 19.1. The van der Waals surface area contributed by atoms with Crippen molar-refractivity contribution in [2.75, 3.05) is 11.9 Å². The van der Waals surface area contributed by atoms with Crippen LogP contribution in [0.4, 0.5) is 11.4 Å². The molecule has 1 heterocycles. The number of ether oxygens (including phenoxy) is 2. The van der Waals surface area contributed by atoms with Crippen molar-refractivity contribution < 1.29 is 19.1 Å². The van der Waals surface area contributed by atoms with Crippen LogP contribution in [-0.4, -0.2) is 20.2 Å². The second-order valence-electron chi connectivity index (χ2n) is 6.87. The molecule has 1 aliphatic heterocycles. The Hall–Kier alpha value is -4.56. The molecule has 0 atom stereocenters. The molecular formula is C29H27NO4. The summed E-state index contributed by atoms with van der Waals surface area (Å²) in [6.45, 7) is 6.35. The van der Waals surface area contributed by atoms with Crippen molar-refractivity contribution in [2.45, 2.75) is 13.3 Å². The number of allylic oxidation sites excluding steroid dienone is 3. The van der Waals surface area contributed by atoms with E-state index >= 15 is 0 Å². The van der Waals surface area contributed by atoms with Gasteiger partial charge in [-0.05, 0) is 54.5 Å². The normalized spacial score (nSPS) is 12.2. The van der Waals surface area contributed by atoms with Crippen LogP contribution in [0, 0.1) is 12.3 Å². The first-order valence-electron chi connectivity index (χ1n) is 10.6. The van der Waals surface area contributed by atoms with Crippen LogP contribution in [0.1, 0.15) is 24.5 Å². The van der Waals surface area contributed by atoms with E-state index in [2.05, 4.69) is 36.4 Å². The number of anilines is 2. The summed E-state index contributed by atoms with van der Waals surface area (Å²) < 4.78 is 12.0. The second-order valence-corrected chi connectivity index (χ2v) is 6.87. The van der Waals surface area contributed by atoms with E-state index in [1.165, 1.54) is 0 Å². The molecule has 1 aliphatic rings. The van der Waals surface area contributed by atoms with Crippen LogP contribution in [0.15, 0.2) is 84.9 Å². The molecule has 0 unspecified atom stereocenters. The molecular weight excluding hydrogens is 426 g/mol. The standard InChI is InChI=1S/C27H23NO2.2CH2O/c1-3-10-20-18-27(30-26-14-9-8-13-23(20)26)24-19-22(29-17-4-2)15-16-25(24)28-21-11-6-5-7-12-21;2*1-2/h2,5-16,18-19,28H,3,17H2,1H3;2*1H2. The van der Waals surface area contributed by atoms with E-state index in [0.717, 1.165) is 46.0 Å². The number of fused-ring (bicyclic) bond motifs is 1. The molecule has 0 spiro atoms. The number of terminal acetylenes is 1. The third-order valence-electron chi connectivity index (χ3n) is 4.76. The molecule has 0 radical (unpaired) electrons. The summed E-state index contributed by atoms with van der Waals surface area (Å²) in [6, 6.07) is 24.0. The van der Waals surface area contributed by atoms with Crippen molar-refractivity contribution in [1.29, 1.82) is 0 Å². The first-order chi connectivity index (χ1) is 16.8. The van der Waals surface area contributed by atoms with E-state index in [4.69, 9.17) is 25.5 Å². The maximum atomic E-state index is 8.00. The van der Waals surface area contributed by atoms with E-state index in [0.29, 0.717) is 5.75 Å². The highest BCUT2D eigenvalue weighted by molar-refractivity contribution is 5.91. The summed E-state index contributed by atoms with van der Waals surface area (Å²) in [4.78, 5) is 16.0. The van der Waals surface area contributed by atoms with Gasteiger partial charge in [-0.25, -0.2) is 0 Å². The van der Waals surface area contributed by atoms with Gasteiger partial charge in [-0.3, -0.25) is 0 Å². The molecule has 4 rings (SSSR count). The summed E-state index contributed by atoms with van der Waals surface area (Å²) in [7, 11) is 0. The Balaban J connectivity index is 0.000000970. The van der Waals surface area contributed by atoms with Crippen molar-refractivity contribution in [3.8, 4) is 23.8 Å². The van der Waals surface area contributed by atoms with Crippen LogP contribution in [0.5, 0.6) is 11.5 Å². The highest BCUT2D eigenvalue weighted by Gasteiger charge is 2.20. The predicted molar refractivity (Wildman–Crippen MR) is 138 cm³/mol. The quantitative estimate of drug-likeness (QED) is 0.444. The molecule has 172 valence electrons. The Kier molecular flexibility index (Phi) is 10.4. The molecule has 0 aromatic heterocycles. The first kappa shape index (κ1) is 25.7. The fraction of sp³-hybridized carbons (Fsp3) is 0.103. The maximum Gasteiger partial charge on any atom is 0.148 e. The highest BCUT2D eigenvalue weighted by atomic mass is 16.5. The fourth-order valence-corrected chi connectivity index (χ4v) is 3.41. The minimum atomic E-state index is 0.217. The van der Waals surface area contributed by atoms with Gasteiger partial charge in [-0.15, -0.1) is 6.42 Å². The molecule has 0 amide bonds. The summed E-state index contributed by atoms with van der Waals surface area (Å²) in [5.74, 6) is 4.82. The van der Waals surface area contributed by atoms with Gasteiger partial charge in [0, 0.05) is 22.5 Å². The molecule has 0 aliphatic carbocycles. The largest absolute Gasteiger partial charge is 0.481 e. The summed E-state index contributed by atoms with van der Waals surface area (Å²) in [5, 5.41) is 3.49. The summed E-state index contributed by atoms with van der Waals surface area (Å²) in [5.41, 5.74) is 5.08. The van der Waals surface area contributed by atoms with Gasteiger partial charge in [0.2, 0.25) is 0 Å². The minimum Gasteiger partial charge on any atom is -0.481 e. The van der Waals surface area contributed by atoms with Gasteiger partial charge in [-0.2, -0.15) is 0 Å². The zero-order chi connectivity index (χ0) is 24.8. The van der Waals surface area contributed by atoms with E-state index in [1.54, 1.807) is 0 Å². The lowest BCUT2D eigenvalue weighted by Gasteiger charge is -2.23. The van der Waals surface area contributed by atoms with Gasteiger partial charge >= 0.3 is 0 Å². The van der Waals surface area contributed by atoms with Gasteiger partial charge in [-0.1, -0.05) is 55.3 Å². The number of benzene rings is 3. The SMILES string of the molecule is C#CCOc1ccc(Nc2ccccc2)c(C2=CC(=CCC)c3ccccc3O2)c1.C=O.C=O. The van der Waals surface area contributed by atoms with E-state index in [-0.39, 0.29) is 6.61 Å². The van der Waals surface area contributed by atoms with Crippen molar-refractivity contribution in [2.24, 2.45) is 0 Å². The van der Waals surface area contributed by atoms with Gasteiger partial charge in [0.1, 0.15) is 37.4 Å². The van der Waals surface area contributed by atoms with E-state index in [1.807, 2.05) is 80.3 Å². The number of carbonyl (C=O) groups excluding carboxylic acids is 2. The lowest BCUT2D eigenvalue weighted by Crippen LogP contribution is -2.06. The average Bonchev–Trinajstić information content (AvgIpc) is 2.91. The zero-order valence-electron chi connectivity index (χ0n) is 19.1. The van der Waals surface area contributed by atoms with Crippen LogP contribution in [-0.2, 0) is 9.59 Å². The third-order valence-corrected chi connectivity index (χ3v) is 4.76. The Labute approximate surface area is 200 Å². The number of hydrogen-bond donors (Lipinski definition) is 1. The smallest absolute Gasteiger partial charge is 0.148 e. The van der Waals surface area contributed by atoms with E-state index < -0.39 is 0 Å². The van der Waals surface area contributed by atoms with Gasteiger partial charge in [0.25, 0.3) is 0 Å². The second kappa shape index (κ2) is 13.8. The Bertz CT molecular complexity index is 1170. The van der Waals surface area contributed by atoms with E-state index in [9.17, 15) is 0 Å². The molecule has 5 heteroatoms. The topological polar surface area (TPSA) is 64.6 Å². The molecule has 0 bridgehead atoms. The Morgan fingerprint density at radius 3 is 2.38 bits per heavy atom. The molecule has 34 heavy (non-hydrogen) atoms. The minimum absolute atomic E-state index is 0.217. The van der Waals surface area contributed by atoms with Crippen LogP contribution in [0.3, 0.4) is 0 Å². The van der Waals surface area contributed by atoms with Crippen molar-refractivity contribution >= 4 is 36.3 Å². The van der Waals surface area contributed by atoms with Crippen molar-refractivity contribution in [3.63, 3.8) is 0 Å². The molecule has 5 nitrogen and oxygen atoms in total. The number of carbonyl (C=O) groups is 2. The van der Waals surface area contributed by atoms with Crippen LogP contribution in [0.25, 0.3) is 11.3 Å². The Morgan fingerprint density at radius 1 is 0.971 bits per heavy atom. The number of hydrogen-bond acceptors (Lipinski definition) is 5. The molecule has 0 saturated heterocycles. The monoisotopic (exact) mass is 453 g/mol. The molecule has 0 saturated carbocycles. The fourth-order valence-electron chi connectivity index (χ4n) is 3.41. The van der Waals surface area contributed by atoms with Gasteiger partial charge < -0.3 is 24.4 Å². The highest BCUT2D eigenvalue weighted by Crippen LogP contribution is 2.40. The molecule has 0 fully saturated rings. The number of rotatable bonds is 6. The van der Waals surface area contributed by atoms with Crippen molar-refractivity contribution in [3.05, 3.63) is 96.1 Å². The molecule has 3 aromatic rings. The lowest BCUT2D eigenvalue weighted by molar-refractivity contribution is -0.0987. The van der Waals surface area contributed by atoms with Gasteiger partial charge in [0.15, 0.2) is 0 Å². The third kappa shape index (κ3) is 6.47. The predicted octanol–water partition coefficient (Wildman–Crippen LogP) is 6.30. The number of para-hydroxylation sites is 2. The Morgan fingerprint density at radius 2 is 1.68 bits per heavy atom. The summed E-state index contributed by atoms with van der Waals surface area (Å²) >= 11 is 0. The molecule has 3 aromatic carbocycles. The van der Waals surface area contributed by atoms with Crippen LogP contribution in [0.2, 0.25) is 0 Å². The van der Waals surface area contributed by atoms with Crippen LogP contribution >= 0.6 is 0 Å². The maximum absolute atomic E-state index is 8.00. The lowest BCUT2D eigenvalue weighted by atomic mass is 9.98. The van der Waals surface area contributed by atoms with Crippen molar-refractivity contribution in [1.82, 2.24) is 0 Å². The first-order valence-corrected chi connectivity index (χ1v) is 10.6. The van der Waals surface area contributed by atoms with Crippen LogP contribution < -0.4 is 14.8 Å². The van der Waals surface area contributed by atoms with Gasteiger partial charge in [0.05, 0.1) is 0 Å². The molecule has 1 N–H and O–H groups in total.